The molecule has 2 aliphatic rings. The molecule has 2 heterocycles. The van der Waals surface area contributed by atoms with E-state index in [-0.39, 0.29) is 29.7 Å². The maximum atomic E-state index is 13.6. The lowest BCUT2D eigenvalue weighted by molar-refractivity contribution is -0.114. The van der Waals surface area contributed by atoms with Gasteiger partial charge in [-0.1, -0.05) is 60.7 Å². The molecule has 0 N–H and O–H groups in total. The number of ether oxygens (including phenoxy) is 2. The monoisotopic (exact) mass is 582 g/mol. The molecule has 0 spiro atoms. The Bertz CT molecular complexity index is 1690. The molecule has 1 fully saturated rings. The molecule has 1 amide bonds. The molecule has 4 aromatic rings. The Morgan fingerprint density at radius 2 is 1.45 bits per heavy atom. The molecule has 0 bridgehead atoms. The Kier molecular flexibility index (Phi) is 7.78. The van der Waals surface area contributed by atoms with Crippen LogP contribution in [0.3, 0.4) is 0 Å². The van der Waals surface area contributed by atoms with Gasteiger partial charge >= 0.3 is 0 Å². The summed E-state index contributed by atoms with van der Waals surface area (Å²) >= 11 is 0. The van der Waals surface area contributed by atoms with Gasteiger partial charge in [0.05, 0.1) is 28.7 Å². The first-order chi connectivity index (χ1) is 20.4. The van der Waals surface area contributed by atoms with Crippen molar-refractivity contribution in [2.75, 3.05) is 18.1 Å². The van der Waals surface area contributed by atoms with Crippen molar-refractivity contribution in [2.45, 2.75) is 36.9 Å². The molecule has 42 heavy (non-hydrogen) atoms. The van der Waals surface area contributed by atoms with Gasteiger partial charge < -0.3 is 14.4 Å². The van der Waals surface area contributed by atoms with E-state index in [4.69, 9.17) is 9.47 Å². The molecule has 0 unspecified atom stereocenters. The van der Waals surface area contributed by atoms with Gasteiger partial charge in [-0.2, -0.15) is 4.31 Å². The molecule has 2 aliphatic heterocycles. The number of benzene rings is 4. The molecular weight excluding hydrogens is 552 g/mol. The molecule has 0 radical (unpaired) electrons. The predicted octanol–water partition coefficient (Wildman–Crippen LogP) is 5.23. The zero-order valence-electron chi connectivity index (χ0n) is 22.9. The minimum Gasteiger partial charge on any atom is -0.492 e. The normalized spacial score (nSPS) is 17.0. The molecule has 214 valence electrons. The highest BCUT2D eigenvalue weighted by Gasteiger charge is 2.40. The van der Waals surface area contributed by atoms with Crippen molar-refractivity contribution in [3.05, 3.63) is 120 Å². The summed E-state index contributed by atoms with van der Waals surface area (Å²) < 4.78 is 40.4. The summed E-state index contributed by atoms with van der Waals surface area (Å²) in [5.74, 6) is -0.0246. The van der Waals surface area contributed by atoms with Crippen LogP contribution in [0, 0.1) is 0 Å². The van der Waals surface area contributed by atoms with E-state index in [1.54, 1.807) is 6.07 Å². The van der Waals surface area contributed by atoms with Crippen LogP contribution < -0.4 is 14.4 Å². The van der Waals surface area contributed by atoms with Crippen LogP contribution in [0.2, 0.25) is 0 Å². The quantitative estimate of drug-likeness (QED) is 0.238. The first-order valence-electron chi connectivity index (χ1n) is 13.9. The zero-order valence-corrected chi connectivity index (χ0v) is 23.7. The first-order valence-corrected chi connectivity index (χ1v) is 15.3. The largest absolute Gasteiger partial charge is 0.492 e. The van der Waals surface area contributed by atoms with Crippen LogP contribution in [0.25, 0.3) is 0 Å². The van der Waals surface area contributed by atoms with Gasteiger partial charge in [-0.15, -0.1) is 0 Å². The summed E-state index contributed by atoms with van der Waals surface area (Å²) in [6.07, 6.45) is 1.40. The minimum atomic E-state index is -3.90. The number of amides is 1. The van der Waals surface area contributed by atoms with E-state index < -0.39 is 21.7 Å². The van der Waals surface area contributed by atoms with Crippen molar-refractivity contribution < 1.29 is 27.5 Å². The van der Waals surface area contributed by atoms with Crippen molar-refractivity contribution in [2.24, 2.45) is 0 Å². The average molecular weight is 583 g/mol. The summed E-state index contributed by atoms with van der Waals surface area (Å²) in [5.41, 5.74) is 2.37. The summed E-state index contributed by atoms with van der Waals surface area (Å²) in [6.45, 7) is 1.21. The maximum Gasteiger partial charge on any atom is 0.299 e. The summed E-state index contributed by atoms with van der Waals surface area (Å²) in [7, 11) is -3.90. The predicted molar refractivity (Wildman–Crippen MR) is 158 cm³/mol. The van der Waals surface area contributed by atoms with Crippen LogP contribution in [0.5, 0.6) is 11.5 Å². The van der Waals surface area contributed by atoms with E-state index in [2.05, 4.69) is 0 Å². The van der Waals surface area contributed by atoms with Crippen LogP contribution in [0.1, 0.15) is 34.3 Å². The maximum absolute atomic E-state index is 13.6. The minimum absolute atomic E-state index is 0.00391. The lowest BCUT2D eigenvalue weighted by Gasteiger charge is -2.24. The SMILES string of the molecule is O=C1C(=O)N(Cc2ccc(OCc3ccccc3)cc2)c2ccc(S(=O)(=O)N3CCC[C@H]3COc3ccccc3)cc21. The number of anilines is 1. The van der Waals surface area contributed by atoms with E-state index >= 15 is 0 Å². The van der Waals surface area contributed by atoms with Gasteiger partial charge in [-0.3, -0.25) is 9.59 Å². The second-order valence-corrected chi connectivity index (χ2v) is 12.2. The van der Waals surface area contributed by atoms with Crippen molar-refractivity contribution in [3.8, 4) is 11.5 Å². The van der Waals surface area contributed by atoms with Gasteiger partial charge in [0.25, 0.3) is 11.7 Å². The van der Waals surface area contributed by atoms with Crippen LogP contribution in [-0.2, 0) is 28.0 Å². The number of hydrogen-bond acceptors (Lipinski definition) is 6. The smallest absolute Gasteiger partial charge is 0.299 e. The molecule has 0 aromatic heterocycles. The number of nitrogens with zero attached hydrogens (tertiary/aromatic N) is 2. The van der Waals surface area contributed by atoms with Gasteiger partial charge in [0.15, 0.2) is 0 Å². The molecule has 0 saturated carbocycles. The Labute approximate surface area is 245 Å². The number of Topliss-reactive ketones (excluding diaryl/α,β-unsaturated/α-hetero) is 1. The van der Waals surface area contributed by atoms with Gasteiger partial charge in [0, 0.05) is 6.54 Å². The molecule has 1 atom stereocenters. The number of hydrogen-bond donors (Lipinski definition) is 0. The van der Waals surface area contributed by atoms with E-state index in [0.717, 1.165) is 11.1 Å². The molecule has 9 heteroatoms. The molecule has 8 nitrogen and oxygen atoms in total. The number of carbonyl (C=O) groups is 2. The molecule has 0 aliphatic carbocycles. The highest BCUT2D eigenvalue weighted by Crippen LogP contribution is 2.35. The lowest BCUT2D eigenvalue weighted by Crippen LogP contribution is -2.39. The first kappa shape index (κ1) is 27.7. The Morgan fingerprint density at radius 3 is 2.19 bits per heavy atom. The highest BCUT2D eigenvalue weighted by atomic mass is 32.2. The van der Waals surface area contributed by atoms with Crippen LogP contribution in [0.4, 0.5) is 5.69 Å². The number of fused-ring (bicyclic) bond motifs is 1. The van der Waals surface area contributed by atoms with Gasteiger partial charge in [0.1, 0.15) is 24.7 Å². The Hall–Kier alpha value is -4.47. The lowest BCUT2D eigenvalue weighted by atomic mass is 10.1. The Morgan fingerprint density at radius 1 is 0.762 bits per heavy atom. The third-order valence-electron chi connectivity index (χ3n) is 7.57. The van der Waals surface area contributed by atoms with E-state index in [0.29, 0.717) is 43.2 Å². The standard InChI is InChI=1S/C33H30N2O6S/c36-32-30-20-29(42(38,39)35-19-7-10-26(35)23-41-27-11-5-2-6-12-27)17-18-31(30)34(33(32)37)21-24-13-15-28(16-14-24)40-22-25-8-3-1-4-9-25/h1-6,8-9,11-18,20,26H,7,10,19,21-23H2/t26-/m0/s1. The van der Waals surface area contributed by atoms with Crippen molar-refractivity contribution >= 4 is 27.4 Å². The fourth-order valence-corrected chi connectivity index (χ4v) is 7.05. The summed E-state index contributed by atoms with van der Waals surface area (Å²) in [5, 5.41) is 0. The third kappa shape index (κ3) is 5.66. The van der Waals surface area contributed by atoms with E-state index in [1.165, 1.54) is 21.3 Å². The fourth-order valence-electron chi connectivity index (χ4n) is 5.35. The second-order valence-electron chi connectivity index (χ2n) is 10.4. The van der Waals surface area contributed by atoms with Gasteiger partial charge in [0.2, 0.25) is 10.0 Å². The summed E-state index contributed by atoms with van der Waals surface area (Å²) in [4.78, 5) is 27.3. The highest BCUT2D eigenvalue weighted by molar-refractivity contribution is 7.89. The van der Waals surface area contributed by atoms with E-state index in [1.807, 2.05) is 84.9 Å². The number of sulfonamides is 1. The molecular formula is C33H30N2O6S. The van der Waals surface area contributed by atoms with Crippen LogP contribution in [0.15, 0.2) is 108 Å². The van der Waals surface area contributed by atoms with Gasteiger partial charge in [-0.25, -0.2) is 8.42 Å². The summed E-state index contributed by atoms with van der Waals surface area (Å²) in [6, 6.07) is 30.5. The van der Waals surface area contributed by atoms with Crippen LogP contribution in [-0.4, -0.2) is 43.6 Å². The zero-order chi connectivity index (χ0) is 29.1. The number of rotatable bonds is 10. The topological polar surface area (TPSA) is 93.2 Å². The average Bonchev–Trinajstić information content (AvgIpc) is 3.60. The van der Waals surface area contributed by atoms with Crippen molar-refractivity contribution in [1.29, 1.82) is 0 Å². The molecule has 4 aromatic carbocycles. The fraction of sp³-hybridized carbons (Fsp3) is 0.212. The third-order valence-corrected chi connectivity index (χ3v) is 9.52. The van der Waals surface area contributed by atoms with Crippen molar-refractivity contribution in [1.82, 2.24) is 4.31 Å². The molecule has 6 rings (SSSR count). The Balaban J connectivity index is 1.15. The van der Waals surface area contributed by atoms with Crippen molar-refractivity contribution in [3.63, 3.8) is 0 Å². The van der Waals surface area contributed by atoms with Crippen LogP contribution >= 0.6 is 0 Å². The van der Waals surface area contributed by atoms with Gasteiger partial charge in [-0.05, 0) is 66.4 Å². The van der Waals surface area contributed by atoms with E-state index in [9.17, 15) is 18.0 Å². The number of para-hydroxylation sites is 1. The number of carbonyl (C=O) groups excluding carboxylic acids is 2. The molecule has 1 saturated heterocycles. The second kappa shape index (κ2) is 11.8. The number of ketones is 1.